The smallest absolute Gasteiger partial charge is 0.337 e. The lowest BCUT2D eigenvalue weighted by molar-refractivity contribution is -0.347. The number of rotatable bonds is 7. The molecular formula is C23H20F4N4O3. The van der Waals surface area contributed by atoms with Gasteiger partial charge in [0.05, 0.1) is 19.2 Å². The predicted molar refractivity (Wildman–Crippen MR) is 109 cm³/mol. The number of aliphatic hydroxyl groups is 1. The highest BCUT2D eigenvalue weighted by Gasteiger charge is 2.82. The van der Waals surface area contributed by atoms with Crippen LogP contribution in [0.15, 0.2) is 48.8 Å². The fourth-order valence-corrected chi connectivity index (χ4v) is 5.61. The highest BCUT2D eigenvalue weighted by atomic mass is 19.3. The van der Waals surface area contributed by atoms with Crippen molar-refractivity contribution >= 4 is 5.97 Å². The molecule has 11 heteroatoms. The zero-order valence-electron chi connectivity index (χ0n) is 18.0. The number of hydrogen-bond acceptors (Lipinski definition) is 6. The standard InChI is InChI=1S/C23H20F4N4O3/c1-34-19(32)14-2-4-15(5-3-14)20-9-21(10-20,11-20)23(26,27)22(33,12-31-13-28-29-30-31)17-7-6-16(24)8-18(17)25/h2-8,13,33H,9-12H2,1H3/t20?,21?,22-/m1/s1. The maximum atomic E-state index is 16.1. The Morgan fingerprint density at radius 1 is 1.15 bits per heavy atom. The maximum Gasteiger partial charge on any atom is 0.337 e. The summed E-state index contributed by atoms with van der Waals surface area (Å²) >= 11 is 0. The van der Waals surface area contributed by atoms with Crippen LogP contribution >= 0.6 is 0 Å². The fourth-order valence-electron chi connectivity index (χ4n) is 5.61. The third-order valence-corrected chi connectivity index (χ3v) is 7.29. The van der Waals surface area contributed by atoms with E-state index in [2.05, 4.69) is 20.3 Å². The number of ether oxygens (including phenoxy) is 1. The summed E-state index contributed by atoms with van der Waals surface area (Å²) in [4.78, 5) is 11.7. The van der Waals surface area contributed by atoms with Crippen molar-refractivity contribution < 1.29 is 32.2 Å². The number of methoxy groups -OCH3 is 1. The van der Waals surface area contributed by atoms with Crippen molar-refractivity contribution in [1.82, 2.24) is 20.2 Å². The molecule has 0 aliphatic heterocycles. The number of benzene rings is 2. The van der Waals surface area contributed by atoms with Crippen molar-refractivity contribution in [1.29, 1.82) is 0 Å². The number of carbonyl (C=O) groups is 1. The second kappa shape index (κ2) is 7.33. The van der Waals surface area contributed by atoms with Gasteiger partial charge in [-0.05, 0) is 64.9 Å². The maximum absolute atomic E-state index is 16.1. The zero-order valence-corrected chi connectivity index (χ0v) is 18.0. The van der Waals surface area contributed by atoms with Crippen LogP contribution < -0.4 is 0 Å². The average molecular weight is 476 g/mol. The Morgan fingerprint density at radius 2 is 1.82 bits per heavy atom. The summed E-state index contributed by atoms with van der Waals surface area (Å²) in [6.45, 7) is -0.821. The Labute approximate surface area is 191 Å². The average Bonchev–Trinajstić information content (AvgIpc) is 3.24. The number of esters is 1. The Kier molecular flexibility index (Phi) is 4.84. The molecule has 1 atom stereocenters. The first kappa shape index (κ1) is 22.5. The quantitative estimate of drug-likeness (QED) is 0.416. The predicted octanol–water partition coefficient (Wildman–Crippen LogP) is 3.38. The molecule has 1 heterocycles. The molecular weight excluding hydrogens is 456 g/mol. The first-order chi connectivity index (χ1) is 16.1. The van der Waals surface area contributed by atoms with Crippen LogP contribution in [0.5, 0.6) is 0 Å². The molecule has 1 N–H and O–H groups in total. The van der Waals surface area contributed by atoms with Crippen LogP contribution in [0.2, 0.25) is 0 Å². The monoisotopic (exact) mass is 476 g/mol. The van der Waals surface area contributed by atoms with Gasteiger partial charge in [-0.2, -0.15) is 0 Å². The third kappa shape index (κ3) is 2.99. The van der Waals surface area contributed by atoms with E-state index < -0.39 is 52.1 Å². The van der Waals surface area contributed by atoms with Gasteiger partial charge in [0.15, 0.2) is 5.60 Å². The summed E-state index contributed by atoms with van der Waals surface area (Å²) in [7, 11) is 1.27. The summed E-state index contributed by atoms with van der Waals surface area (Å²) in [6.07, 6.45) is 1.22. The van der Waals surface area contributed by atoms with Gasteiger partial charge >= 0.3 is 5.97 Å². The van der Waals surface area contributed by atoms with E-state index in [1.165, 1.54) is 7.11 Å². The number of halogens is 4. The molecule has 6 rings (SSSR count). The van der Waals surface area contributed by atoms with Gasteiger partial charge < -0.3 is 9.84 Å². The number of aromatic nitrogens is 4. The SMILES string of the molecule is COC(=O)c1ccc(C23CC(C(F)(F)[C@@](O)(Cn4cnnn4)c4ccc(F)cc4F)(C2)C3)cc1. The number of alkyl halides is 2. The number of tetrazole rings is 1. The molecule has 0 unspecified atom stereocenters. The van der Waals surface area contributed by atoms with Crippen LogP contribution in [0.4, 0.5) is 17.6 Å². The van der Waals surface area contributed by atoms with Crippen LogP contribution in [0.1, 0.15) is 40.7 Å². The molecule has 3 saturated carbocycles. The lowest BCUT2D eigenvalue weighted by Gasteiger charge is -2.74. The van der Waals surface area contributed by atoms with Crippen LogP contribution in [-0.2, 0) is 22.3 Å². The topological polar surface area (TPSA) is 90.1 Å². The molecule has 34 heavy (non-hydrogen) atoms. The summed E-state index contributed by atoms with van der Waals surface area (Å²) in [6, 6.07) is 8.69. The van der Waals surface area contributed by atoms with E-state index in [0.717, 1.165) is 28.7 Å². The van der Waals surface area contributed by atoms with Crippen molar-refractivity contribution in [3.05, 3.63) is 77.1 Å². The van der Waals surface area contributed by atoms with E-state index in [0.29, 0.717) is 11.6 Å². The summed E-state index contributed by atoms with van der Waals surface area (Å²) < 4.78 is 66.0. The largest absolute Gasteiger partial charge is 0.465 e. The minimum absolute atomic E-state index is 0.0608. The van der Waals surface area contributed by atoms with E-state index in [4.69, 9.17) is 0 Å². The van der Waals surface area contributed by atoms with E-state index in [-0.39, 0.29) is 19.3 Å². The van der Waals surface area contributed by atoms with Gasteiger partial charge in [-0.1, -0.05) is 12.1 Å². The summed E-state index contributed by atoms with van der Waals surface area (Å²) in [5, 5.41) is 21.7. The Morgan fingerprint density at radius 3 is 2.38 bits per heavy atom. The molecule has 0 saturated heterocycles. The Bertz CT molecular complexity index is 1230. The van der Waals surface area contributed by atoms with Gasteiger partial charge in [-0.15, -0.1) is 5.10 Å². The van der Waals surface area contributed by atoms with E-state index in [1.54, 1.807) is 24.3 Å². The summed E-state index contributed by atoms with van der Waals surface area (Å²) in [5.74, 6) is -6.52. The van der Waals surface area contributed by atoms with Gasteiger partial charge in [0.1, 0.15) is 18.0 Å². The molecule has 2 aromatic carbocycles. The molecule has 3 aliphatic carbocycles. The first-order valence-corrected chi connectivity index (χ1v) is 10.5. The second-order valence-corrected chi connectivity index (χ2v) is 9.23. The number of nitrogens with zero attached hydrogens (tertiary/aromatic N) is 4. The number of carbonyl (C=O) groups excluding carboxylic acids is 1. The molecule has 2 bridgehead atoms. The minimum Gasteiger partial charge on any atom is -0.465 e. The van der Waals surface area contributed by atoms with E-state index in [9.17, 15) is 18.7 Å². The van der Waals surface area contributed by atoms with Crippen LogP contribution in [-0.4, -0.2) is 44.3 Å². The molecule has 0 spiro atoms. The van der Waals surface area contributed by atoms with Crippen molar-refractivity contribution in [2.75, 3.05) is 7.11 Å². The highest BCUT2D eigenvalue weighted by Crippen LogP contribution is 2.80. The second-order valence-electron chi connectivity index (χ2n) is 9.23. The molecule has 7 nitrogen and oxygen atoms in total. The minimum atomic E-state index is -3.79. The van der Waals surface area contributed by atoms with Gasteiger partial charge in [0, 0.05) is 17.0 Å². The van der Waals surface area contributed by atoms with E-state index in [1.807, 2.05) is 0 Å². The van der Waals surface area contributed by atoms with Crippen molar-refractivity contribution in [3.8, 4) is 0 Å². The number of hydrogen-bond donors (Lipinski definition) is 1. The van der Waals surface area contributed by atoms with Crippen LogP contribution in [0.25, 0.3) is 0 Å². The van der Waals surface area contributed by atoms with Gasteiger partial charge in [-0.3, -0.25) is 0 Å². The van der Waals surface area contributed by atoms with Gasteiger partial charge in [0.25, 0.3) is 5.92 Å². The molecule has 3 fully saturated rings. The van der Waals surface area contributed by atoms with Crippen molar-refractivity contribution in [2.24, 2.45) is 5.41 Å². The molecule has 1 aromatic heterocycles. The third-order valence-electron chi connectivity index (χ3n) is 7.29. The fraction of sp³-hybridized carbons (Fsp3) is 0.391. The zero-order chi connectivity index (χ0) is 24.4. The molecule has 3 aliphatic rings. The Balaban J connectivity index is 1.46. The summed E-state index contributed by atoms with van der Waals surface area (Å²) in [5.41, 5.74) is -4.71. The normalized spacial score (nSPS) is 25.1. The van der Waals surface area contributed by atoms with Crippen molar-refractivity contribution in [2.45, 2.75) is 42.7 Å². The van der Waals surface area contributed by atoms with Crippen molar-refractivity contribution in [3.63, 3.8) is 0 Å². The lowest BCUT2D eigenvalue weighted by Crippen LogP contribution is -2.76. The van der Waals surface area contributed by atoms with E-state index >= 15 is 8.78 Å². The van der Waals surface area contributed by atoms with Gasteiger partial charge in [0.2, 0.25) is 0 Å². The molecule has 0 amide bonds. The van der Waals surface area contributed by atoms with Crippen LogP contribution in [0, 0.1) is 17.0 Å². The molecule has 3 aromatic rings. The lowest BCUT2D eigenvalue weighted by atomic mass is 9.30. The molecule has 178 valence electrons. The highest BCUT2D eigenvalue weighted by molar-refractivity contribution is 5.89. The molecule has 0 radical (unpaired) electrons. The van der Waals surface area contributed by atoms with Crippen LogP contribution in [0.3, 0.4) is 0 Å². The Hall–Kier alpha value is -3.34. The first-order valence-electron chi connectivity index (χ1n) is 10.5. The van der Waals surface area contributed by atoms with Gasteiger partial charge in [-0.25, -0.2) is 27.0 Å².